The topological polar surface area (TPSA) is 81.7 Å². The van der Waals surface area contributed by atoms with Gasteiger partial charge in [-0.05, 0) is 77.4 Å². The predicted octanol–water partition coefficient (Wildman–Crippen LogP) is 8.72. The largest absolute Gasteiger partial charge is 0.427 e. The second-order valence-corrected chi connectivity index (χ2v) is 11.1. The van der Waals surface area contributed by atoms with E-state index in [-0.39, 0.29) is 17.8 Å². The maximum absolute atomic E-state index is 11.9. The first-order valence-corrected chi connectivity index (χ1v) is 15.7. The molecule has 226 valence electrons. The van der Waals surface area contributed by atoms with Gasteiger partial charge in [0, 0.05) is 26.8 Å². The van der Waals surface area contributed by atoms with E-state index < -0.39 is 0 Å². The summed E-state index contributed by atoms with van der Waals surface area (Å²) in [5.41, 5.74) is 3.50. The zero-order chi connectivity index (χ0) is 30.2. The molecule has 0 fully saturated rings. The first kappa shape index (κ1) is 32.8. The standard InChI is InChI=1S/C36H47NO5/c1-4-5-14-25-37-36(40)16-13-11-9-7-6-8-10-12-15-35-33(29-17-20-31(21-18-29)41-27(2)38)23-19-30-26-32(42-28(3)39)22-24-34(30)35/h17-24,26H,4-16,25H2,1-3H3,(H,37,40). The maximum atomic E-state index is 11.9. The van der Waals surface area contributed by atoms with Gasteiger partial charge in [0.2, 0.25) is 5.91 Å². The van der Waals surface area contributed by atoms with Crippen molar-refractivity contribution in [1.29, 1.82) is 0 Å². The van der Waals surface area contributed by atoms with E-state index in [9.17, 15) is 14.4 Å². The normalized spacial score (nSPS) is 10.9. The third kappa shape index (κ3) is 11.3. The molecule has 0 bridgehead atoms. The van der Waals surface area contributed by atoms with Gasteiger partial charge in [0.25, 0.3) is 0 Å². The van der Waals surface area contributed by atoms with E-state index in [0.29, 0.717) is 17.9 Å². The Bertz CT molecular complexity index is 1300. The summed E-state index contributed by atoms with van der Waals surface area (Å²) in [4.78, 5) is 34.7. The maximum Gasteiger partial charge on any atom is 0.308 e. The molecular formula is C36H47NO5. The zero-order valence-electron chi connectivity index (χ0n) is 25.6. The van der Waals surface area contributed by atoms with Crippen molar-refractivity contribution in [2.75, 3.05) is 6.54 Å². The number of hydrogen-bond acceptors (Lipinski definition) is 5. The van der Waals surface area contributed by atoms with Gasteiger partial charge in [0.1, 0.15) is 11.5 Å². The third-order valence-corrected chi connectivity index (χ3v) is 7.47. The Morgan fingerprint density at radius 1 is 0.667 bits per heavy atom. The third-order valence-electron chi connectivity index (χ3n) is 7.47. The summed E-state index contributed by atoms with van der Waals surface area (Å²) in [6.45, 7) is 5.79. The van der Waals surface area contributed by atoms with Crippen LogP contribution < -0.4 is 14.8 Å². The van der Waals surface area contributed by atoms with Crippen LogP contribution in [0.4, 0.5) is 0 Å². The highest BCUT2D eigenvalue weighted by Gasteiger charge is 2.12. The second kappa shape index (κ2) is 18.0. The zero-order valence-corrected chi connectivity index (χ0v) is 25.6. The van der Waals surface area contributed by atoms with Gasteiger partial charge in [-0.1, -0.05) is 88.6 Å². The minimum Gasteiger partial charge on any atom is -0.427 e. The molecule has 3 aromatic rings. The molecule has 0 atom stereocenters. The number of rotatable bonds is 18. The van der Waals surface area contributed by atoms with Crippen LogP contribution in [0.3, 0.4) is 0 Å². The highest BCUT2D eigenvalue weighted by atomic mass is 16.5. The van der Waals surface area contributed by atoms with Gasteiger partial charge < -0.3 is 14.8 Å². The lowest BCUT2D eigenvalue weighted by atomic mass is 9.90. The van der Waals surface area contributed by atoms with Crippen LogP contribution in [0.2, 0.25) is 0 Å². The minimum atomic E-state index is -0.335. The van der Waals surface area contributed by atoms with Crippen LogP contribution in [0.15, 0.2) is 54.6 Å². The predicted molar refractivity (Wildman–Crippen MR) is 170 cm³/mol. The fourth-order valence-electron chi connectivity index (χ4n) is 5.35. The van der Waals surface area contributed by atoms with E-state index in [4.69, 9.17) is 9.47 Å². The van der Waals surface area contributed by atoms with Crippen molar-refractivity contribution in [3.63, 3.8) is 0 Å². The van der Waals surface area contributed by atoms with Crippen LogP contribution in [0, 0.1) is 0 Å². The number of esters is 2. The quantitative estimate of drug-likeness (QED) is 0.0935. The molecular weight excluding hydrogens is 526 g/mol. The van der Waals surface area contributed by atoms with Crippen molar-refractivity contribution in [3.05, 3.63) is 60.2 Å². The highest BCUT2D eigenvalue weighted by molar-refractivity contribution is 5.93. The van der Waals surface area contributed by atoms with Crippen molar-refractivity contribution in [3.8, 4) is 22.6 Å². The molecule has 3 aromatic carbocycles. The molecule has 0 aliphatic heterocycles. The second-order valence-electron chi connectivity index (χ2n) is 11.1. The number of carbonyl (C=O) groups excluding carboxylic acids is 3. The summed E-state index contributed by atoms with van der Waals surface area (Å²) in [5, 5.41) is 5.22. The summed E-state index contributed by atoms with van der Waals surface area (Å²) >= 11 is 0. The fraction of sp³-hybridized carbons (Fsp3) is 0.472. The number of aryl methyl sites for hydroxylation is 1. The van der Waals surface area contributed by atoms with E-state index in [0.717, 1.165) is 67.0 Å². The lowest BCUT2D eigenvalue weighted by Gasteiger charge is -2.15. The first-order valence-electron chi connectivity index (χ1n) is 15.7. The number of carbonyl (C=O) groups is 3. The van der Waals surface area contributed by atoms with Crippen LogP contribution in [0.5, 0.6) is 11.5 Å². The molecule has 1 N–H and O–H groups in total. The highest BCUT2D eigenvalue weighted by Crippen LogP contribution is 2.34. The summed E-state index contributed by atoms with van der Waals surface area (Å²) in [7, 11) is 0. The van der Waals surface area contributed by atoms with Crippen molar-refractivity contribution >= 4 is 28.6 Å². The van der Waals surface area contributed by atoms with Crippen molar-refractivity contribution in [2.24, 2.45) is 0 Å². The Labute approximate surface area is 251 Å². The van der Waals surface area contributed by atoms with Crippen LogP contribution in [-0.4, -0.2) is 24.4 Å². The fourth-order valence-corrected chi connectivity index (χ4v) is 5.35. The Hall–Kier alpha value is -3.67. The van der Waals surface area contributed by atoms with Crippen LogP contribution in [0.1, 0.15) is 103 Å². The van der Waals surface area contributed by atoms with Crippen molar-refractivity contribution < 1.29 is 23.9 Å². The van der Waals surface area contributed by atoms with Crippen LogP contribution in [-0.2, 0) is 20.8 Å². The molecule has 0 saturated heterocycles. The minimum absolute atomic E-state index is 0.196. The number of amides is 1. The Balaban J connectivity index is 1.52. The van der Waals surface area contributed by atoms with Gasteiger partial charge in [0.15, 0.2) is 0 Å². The lowest BCUT2D eigenvalue weighted by Crippen LogP contribution is -2.23. The van der Waals surface area contributed by atoms with Gasteiger partial charge in [-0.2, -0.15) is 0 Å². The van der Waals surface area contributed by atoms with Crippen molar-refractivity contribution in [1.82, 2.24) is 5.32 Å². The molecule has 6 heteroatoms. The van der Waals surface area contributed by atoms with Crippen LogP contribution >= 0.6 is 0 Å². The summed E-state index contributed by atoms with van der Waals surface area (Å²) in [6, 6.07) is 17.7. The van der Waals surface area contributed by atoms with E-state index in [1.807, 2.05) is 42.5 Å². The number of unbranched alkanes of at least 4 members (excludes halogenated alkanes) is 9. The molecule has 0 aliphatic carbocycles. The average Bonchev–Trinajstić information content (AvgIpc) is 2.96. The Kier molecular flexibility index (Phi) is 14.1. The first-order chi connectivity index (χ1) is 20.4. The molecule has 0 heterocycles. The summed E-state index contributed by atoms with van der Waals surface area (Å²) < 4.78 is 10.5. The number of fused-ring (bicyclic) bond motifs is 1. The van der Waals surface area contributed by atoms with Crippen molar-refractivity contribution in [2.45, 2.75) is 104 Å². The van der Waals surface area contributed by atoms with Gasteiger partial charge in [0.05, 0.1) is 0 Å². The number of hydrogen-bond donors (Lipinski definition) is 1. The summed E-state index contributed by atoms with van der Waals surface area (Å²) in [6.07, 6.45) is 14.2. The van der Waals surface area contributed by atoms with Crippen LogP contribution in [0.25, 0.3) is 21.9 Å². The molecule has 1 amide bonds. The Morgan fingerprint density at radius 2 is 1.29 bits per heavy atom. The molecule has 0 spiro atoms. The average molecular weight is 574 g/mol. The smallest absolute Gasteiger partial charge is 0.308 e. The van der Waals surface area contributed by atoms with Gasteiger partial charge in [-0.15, -0.1) is 0 Å². The SMILES string of the molecule is CCCCCNC(=O)CCCCCCCCCCc1c(-c2ccc(OC(C)=O)cc2)ccc2cc(OC(C)=O)ccc12. The molecule has 6 nitrogen and oxygen atoms in total. The van der Waals surface area contributed by atoms with Gasteiger partial charge in [-0.25, -0.2) is 0 Å². The molecule has 42 heavy (non-hydrogen) atoms. The molecule has 0 unspecified atom stereocenters. The van der Waals surface area contributed by atoms with E-state index in [1.54, 1.807) is 0 Å². The molecule has 0 aromatic heterocycles. The number of ether oxygens (including phenoxy) is 2. The molecule has 0 saturated carbocycles. The number of nitrogens with one attached hydrogen (secondary N) is 1. The van der Waals surface area contributed by atoms with Gasteiger partial charge >= 0.3 is 11.9 Å². The molecule has 0 aliphatic rings. The Morgan fingerprint density at radius 3 is 1.95 bits per heavy atom. The van der Waals surface area contributed by atoms with E-state index in [2.05, 4.69) is 24.4 Å². The molecule has 3 rings (SSSR count). The molecule has 0 radical (unpaired) electrons. The summed E-state index contributed by atoms with van der Waals surface area (Å²) in [5.74, 6) is 0.611. The lowest BCUT2D eigenvalue weighted by molar-refractivity contribution is -0.132. The monoisotopic (exact) mass is 573 g/mol. The van der Waals surface area contributed by atoms with E-state index in [1.165, 1.54) is 57.9 Å². The van der Waals surface area contributed by atoms with E-state index >= 15 is 0 Å². The van der Waals surface area contributed by atoms with Gasteiger partial charge in [-0.3, -0.25) is 14.4 Å². The number of benzene rings is 3.